The number of ether oxygens (including phenoxy) is 1. The van der Waals surface area contributed by atoms with Crippen LogP contribution in [0.1, 0.15) is 57.3 Å². The minimum atomic E-state index is 0. The number of benzene rings is 6. The Labute approximate surface area is 382 Å². The first-order chi connectivity index (χ1) is 29.5. The molecule has 6 aromatic carbocycles. The van der Waals surface area contributed by atoms with Crippen LogP contribution in [0.25, 0.3) is 56.3 Å². The second kappa shape index (κ2) is 23.3. The van der Waals surface area contributed by atoms with Gasteiger partial charge in [-0.1, -0.05) is 99.1 Å². The van der Waals surface area contributed by atoms with E-state index in [1.165, 1.54) is 57.3 Å². The maximum Gasteiger partial charge on any atom is 1.00 e. The molecule has 0 amide bonds. The molecule has 0 bridgehead atoms. The van der Waals surface area contributed by atoms with E-state index in [9.17, 15) is 0 Å². The van der Waals surface area contributed by atoms with Gasteiger partial charge in [0.15, 0.2) is 0 Å². The van der Waals surface area contributed by atoms with Crippen LogP contribution in [0.2, 0.25) is 0 Å². The fourth-order valence-electron chi connectivity index (χ4n) is 7.61. The number of aromatic nitrogens is 4. The monoisotopic (exact) mass is 808 g/mol. The fourth-order valence-corrected chi connectivity index (χ4v) is 7.61. The van der Waals surface area contributed by atoms with Crippen molar-refractivity contribution in [2.45, 2.75) is 68.2 Å². The zero-order valence-electron chi connectivity index (χ0n) is 38.0. The molecule has 1 saturated heterocycles. The van der Waals surface area contributed by atoms with Crippen molar-refractivity contribution >= 4 is 0 Å². The molecule has 0 saturated carbocycles. The van der Waals surface area contributed by atoms with Gasteiger partial charge in [0.2, 0.25) is 0 Å². The Bertz CT molecular complexity index is 2470. The van der Waals surface area contributed by atoms with Gasteiger partial charge in [0.1, 0.15) is 0 Å². The van der Waals surface area contributed by atoms with Crippen LogP contribution >= 0.6 is 0 Å². The average Bonchev–Trinajstić information content (AvgIpc) is 3.85. The molecule has 308 valence electrons. The average molecular weight is 809 g/mol. The summed E-state index contributed by atoms with van der Waals surface area (Å²) in [4.78, 5) is 19.2. The van der Waals surface area contributed by atoms with Crippen molar-refractivity contribution < 1.29 is 23.6 Å². The Kier molecular flexibility index (Phi) is 17.7. The zero-order valence-corrected chi connectivity index (χ0v) is 38.0. The van der Waals surface area contributed by atoms with Crippen LogP contribution in [0.3, 0.4) is 0 Å². The fraction of sp³-hybridized carbons (Fsp3) is 0.214. The van der Waals surface area contributed by atoms with Gasteiger partial charge >= 0.3 is 18.9 Å². The van der Waals surface area contributed by atoms with Gasteiger partial charge in [-0.25, -0.2) is 4.98 Å². The minimum Gasteiger partial charge on any atom is -0.381 e. The summed E-state index contributed by atoms with van der Waals surface area (Å²) >= 11 is 0. The molecule has 6 heteroatoms. The van der Waals surface area contributed by atoms with Crippen LogP contribution in [-0.2, 0) is 4.74 Å². The third-order valence-corrected chi connectivity index (χ3v) is 9.96. The molecule has 0 N–H and O–H groups in total. The number of hydrogen-bond acceptors (Lipinski definition) is 5. The second-order valence-electron chi connectivity index (χ2n) is 16.0. The summed E-state index contributed by atoms with van der Waals surface area (Å²) in [5, 5.41) is 0. The summed E-state index contributed by atoms with van der Waals surface area (Å²) in [5.41, 5.74) is 20.1. The van der Waals surface area contributed by atoms with E-state index in [-0.39, 0.29) is 18.9 Å². The second-order valence-corrected chi connectivity index (χ2v) is 16.0. The molecule has 8 aromatic rings. The van der Waals surface area contributed by atoms with Gasteiger partial charge in [0.25, 0.3) is 0 Å². The van der Waals surface area contributed by atoms with E-state index in [2.05, 4.69) is 156 Å². The predicted molar refractivity (Wildman–Crippen MR) is 254 cm³/mol. The molecule has 1 fully saturated rings. The number of aryl methyl sites for hydroxylation is 8. The van der Waals surface area contributed by atoms with Crippen molar-refractivity contribution in [2.75, 3.05) is 13.2 Å². The molecule has 1 aliphatic heterocycles. The molecule has 0 atom stereocenters. The first-order valence-corrected chi connectivity index (χ1v) is 21.1. The SMILES string of the molecule is C1CCOC1.Cc1cc(C)cc(-c2ncc(-c3ccccc3)nc2-c2cc(C)cc(C)c2)c1.Cc1cc(C)cc(-c2nccnc2-c2cc(C)cc(C)c2)c1.[Li+].[c-]1ccccc1. The normalized spacial score (nSPS) is 11.4. The van der Waals surface area contributed by atoms with E-state index in [1.807, 2.05) is 54.7 Å². The molecule has 0 unspecified atom stereocenters. The Hall–Kier alpha value is -5.96. The van der Waals surface area contributed by atoms with Crippen molar-refractivity contribution in [1.82, 2.24) is 19.9 Å². The maximum atomic E-state index is 5.07. The molecular formula is C56H57LiN4O. The summed E-state index contributed by atoms with van der Waals surface area (Å²) in [6.07, 6.45) is 7.97. The van der Waals surface area contributed by atoms with Crippen LogP contribution in [0.4, 0.5) is 0 Å². The van der Waals surface area contributed by atoms with Gasteiger partial charge in [-0.3, -0.25) is 15.0 Å². The van der Waals surface area contributed by atoms with Gasteiger partial charge < -0.3 is 4.74 Å². The topological polar surface area (TPSA) is 60.8 Å². The molecule has 2 aromatic heterocycles. The van der Waals surface area contributed by atoms with Crippen molar-refractivity contribution in [1.29, 1.82) is 0 Å². The standard InChI is InChI=1S/C26H24N2.C20H20N2.C6H5.C4H8O.Li/c1-17-10-18(2)13-22(12-17)25-26(23-14-19(3)11-20(4)15-23)28-24(16-27-25)21-8-6-5-7-9-21;1-13-7-14(2)10-17(9-13)19-20(22-6-5-21-19)18-11-15(3)8-16(4)12-18;1-2-4-6-5-3-1;1-2-4-5-3-1;/h5-16H,1-4H3;5-12H,1-4H3;1-5H;1-4H2;/q;;-1;;+1. The molecule has 9 rings (SSSR count). The number of nitrogens with zero attached hydrogens (tertiary/aromatic N) is 4. The van der Waals surface area contributed by atoms with Crippen molar-refractivity contribution in [2.24, 2.45) is 0 Å². The Balaban J connectivity index is 0.000000188. The van der Waals surface area contributed by atoms with Crippen molar-refractivity contribution in [3.63, 3.8) is 0 Å². The van der Waals surface area contributed by atoms with Crippen molar-refractivity contribution in [3.05, 3.63) is 203 Å². The van der Waals surface area contributed by atoms with Gasteiger partial charge in [0.05, 0.1) is 34.7 Å². The quantitative estimate of drug-likeness (QED) is 0.128. The summed E-state index contributed by atoms with van der Waals surface area (Å²) < 4.78 is 4.94. The van der Waals surface area contributed by atoms with Crippen LogP contribution in [0.5, 0.6) is 0 Å². The molecule has 0 spiro atoms. The third kappa shape index (κ3) is 13.8. The number of hydrogen-bond donors (Lipinski definition) is 0. The van der Waals surface area contributed by atoms with E-state index in [1.54, 1.807) is 12.4 Å². The Morgan fingerprint density at radius 3 is 1.08 bits per heavy atom. The molecule has 0 aliphatic carbocycles. The minimum absolute atomic E-state index is 0. The third-order valence-electron chi connectivity index (χ3n) is 9.96. The Morgan fingerprint density at radius 2 is 0.758 bits per heavy atom. The Morgan fingerprint density at radius 1 is 0.403 bits per heavy atom. The molecule has 1 aliphatic rings. The van der Waals surface area contributed by atoms with Crippen LogP contribution in [0.15, 0.2) is 152 Å². The summed E-state index contributed by atoms with van der Waals surface area (Å²) in [5.74, 6) is 0. The van der Waals surface area contributed by atoms with Gasteiger partial charge in [-0.05, 0) is 117 Å². The number of rotatable bonds is 5. The van der Waals surface area contributed by atoms with E-state index < -0.39 is 0 Å². The first-order valence-electron chi connectivity index (χ1n) is 21.1. The van der Waals surface area contributed by atoms with Gasteiger partial charge in [0, 0.05) is 53.4 Å². The molecule has 5 nitrogen and oxygen atoms in total. The van der Waals surface area contributed by atoms with Crippen LogP contribution in [0, 0.1) is 61.5 Å². The van der Waals surface area contributed by atoms with Gasteiger partial charge in [-0.2, -0.15) is 36.4 Å². The van der Waals surface area contributed by atoms with E-state index >= 15 is 0 Å². The zero-order chi connectivity index (χ0) is 43.1. The molecular weight excluding hydrogens is 752 g/mol. The van der Waals surface area contributed by atoms with E-state index in [4.69, 9.17) is 14.7 Å². The van der Waals surface area contributed by atoms with Gasteiger partial charge in [-0.15, -0.1) is 0 Å². The largest absolute Gasteiger partial charge is 1.00 e. The summed E-state index contributed by atoms with van der Waals surface area (Å²) in [7, 11) is 0. The van der Waals surface area contributed by atoms with Crippen molar-refractivity contribution in [3.8, 4) is 56.3 Å². The molecule has 62 heavy (non-hydrogen) atoms. The van der Waals surface area contributed by atoms with Crippen LogP contribution < -0.4 is 18.9 Å². The van der Waals surface area contributed by atoms with Crippen LogP contribution in [-0.4, -0.2) is 33.1 Å². The first kappa shape index (κ1) is 47.1. The summed E-state index contributed by atoms with van der Waals surface area (Å²) in [6, 6.07) is 48.9. The van der Waals surface area contributed by atoms with E-state index in [0.29, 0.717) is 0 Å². The maximum absolute atomic E-state index is 5.07. The van der Waals surface area contributed by atoms with E-state index in [0.717, 1.165) is 69.5 Å². The molecule has 3 heterocycles. The summed E-state index contributed by atoms with van der Waals surface area (Å²) in [6.45, 7) is 19.0. The predicted octanol–water partition coefficient (Wildman–Crippen LogP) is 11.0. The smallest absolute Gasteiger partial charge is 0.381 e. The molecule has 0 radical (unpaired) electrons.